The van der Waals surface area contributed by atoms with Crippen LogP contribution in [0.25, 0.3) is 0 Å². The van der Waals surface area contributed by atoms with Crippen LogP contribution in [0.3, 0.4) is 0 Å². The van der Waals surface area contributed by atoms with Gasteiger partial charge in [0.1, 0.15) is 5.82 Å². The number of rotatable bonds is 4. The maximum Gasteiger partial charge on any atom is 0.126 e. The molecule has 0 radical (unpaired) electrons. The Hall–Kier alpha value is -1.13. The van der Waals surface area contributed by atoms with E-state index in [0.717, 1.165) is 45.2 Å². The van der Waals surface area contributed by atoms with Gasteiger partial charge in [0, 0.05) is 32.4 Å². The first-order valence-electron chi connectivity index (χ1n) is 5.87. The maximum atomic E-state index is 5.33. The number of aromatic nitrogens is 1. The van der Waals surface area contributed by atoms with Gasteiger partial charge in [-0.25, -0.2) is 4.98 Å². The molecule has 0 atom stereocenters. The second-order valence-corrected chi connectivity index (χ2v) is 3.97. The van der Waals surface area contributed by atoms with Crippen molar-refractivity contribution in [2.75, 3.05) is 38.2 Å². The molecule has 88 valence electrons. The standard InChI is InChI=1S/C12H19N3O/c1-2-13-12-9-11(3-4-14-12)10-15-5-7-16-8-6-15/h3-4,9H,2,5-8,10H2,1H3,(H,13,14). The van der Waals surface area contributed by atoms with Gasteiger partial charge >= 0.3 is 0 Å². The number of hydrogen-bond acceptors (Lipinski definition) is 4. The Bertz CT molecular complexity index is 324. The van der Waals surface area contributed by atoms with Gasteiger partial charge in [-0.2, -0.15) is 0 Å². The van der Waals surface area contributed by atoms with Crippen molar-refractivity contribution >= 4 is 5.82 Å². The molecule has 1 aliphatic rings. The van der Waals surface area contributed by atoms with Crippen LogP contribution in [0.5, 0.6) is 0 Å². The minimum absolute atomic E-state index is 0.852. The fraction of sp³-hybridized carbons (Fsp3) is 0.583. The molecule has 1 aliphatic heterocycles. The van der Waals surface area contributed by atoms with E-state index in [1.807, 2.05) is 6.20 Å². The van der Waals surface area contributed by atoms with Gasteiger partial charge in [-0.15, -0.1) is 0 Å². The Morgan fingerprint density at radius 1 is 1.44 bits per heavy atom. The lowest BCUT2D eigenvalue weighted by Gasteiger charge is -2.26. The van der Waals surface area contributed by atoms with Gasteiger partial charge in [-0.3, -0.25) is 4.90 Å². The third kappa shape index (κ3) is 3.18. The van der Waals surface area contributed by atoms with E-state index < -0.39 is 0 Å². The first kappa shape index (κ1) is 11.4. The number of morpholine rings is 1. The molecule has 0 aromatic carbocycles. The lowest BCUT2D eigenvalue weighted by Crippen LogP contribution is -2.35. The second-order valence-electron chi connectivity index (χ2n) is 3.97. The van der Waals surface area contributed by atoms with Crippen LogP contribution in [-0.4, -0.2) is 42.7 Å². The van der Waals surface area contributed by atoms with E-state index in [4.69, 9.17) is 4.74 Å². The monoisotopic (exact) mass is 221 g/mol. The molecule has 1 fully saturated rings. The zero-order valence-electron chi connectivity index (χ0n) is 9.78. The summed E-state index contributed by atoms with van der Waals surface area (Å²) in [4.78, 5) is 6.68. The van der Waals surface area contributed by atoms with Crippen LogP contribution in [0.4, 0.5) is 5.82 Å². The largest absolute Gasteiger partial charge is 0.379 e. The molecule has 4 nitrogen and oxygen atoms in total. The van der Waals surface area contributed by atoms with Crippen LogP contribution in [-0.2, 0) is 11.3 Å². The first-order chi connectivity index (χ1) is 7.88. The summed E-state index contributed by atoms with van der Waals surface area (Å²) in [6.07, 6.45) is 1.87. The summed E-state index contributed by atoms with van der Waals surface area (Å²) in [5.74, 6) is 0.966. The Balaban J connectivity index is 1.94. The minimum Gasteiger partial charge on any atom is -0.379 e. The third-order valence-corrected chi connectivity index (χ3v) is 2.69. The molecule has 2 heterocycles. The molecular formula is C12H19N3O. The summed E-state index contributed by atoms with van der Waals surface area (Å²) in [7, 11) is 0. The maximum absolute atomic E-state index is 5.33. The SMILES string of the molecule is CCNc1cc(CN2CCOCC2)ccn1. The summed E-state index contributed by atoms with van der Waals surface area (Å²) in [6, 6.07) is 4.20. The Labute approximate surface area is 96.6 Å². The van der Waals surface area contributed by atoms with Crippen molar-refractivity contribution in [1.82, 2.24) is 9.88 Å². The summed E-state index contributed by atoms with van der Waals surface area (Å²) in [6.45, 7) is 7.74. The van der Waals surface area contributed by atoms with Gasteiger partial charge in [-0.1, -0.05) is 0 Å². The summed E-state index contributed by atoms with van der Waals surface area (Å²) >= 11 is 0. The van der Waals surface area contributed by atoms with Crippen molar-refractivity contribution in [2.45, 2.75) is 13.5 Å². The van der Waals surface area contributed by atoms with E-state index >= 15 is 0 Å². The quantitative estimate of drug-likeness (QED) is 0.832. The minimum atomic E-state index is 0.852. The summed E-state index contributed by atoms with van der Waals surface area (Å²) < 4.78 is 5.33. The van der Waals surface area contributed by atoms with Crippen LogP contribution in [0.2, 0.25) is 0 Å². The first-order valence-corrected chi connectivity index (χ1v) is 5.87. The van der Waals surface area contributed by atoms with Gasteiger partial charge in [0.2, 0.25) is 0 Å². The number of ether oxygens (including phenoxy) is 1. The predicted molar refractivity (Wildman–Crippen MR) is 64.5 cm³/mol. The Morgan fingerprint density at radius 2 is 2.25 bits per heavy atom. The Kier molecular flexibility index (Phi) is 4.13. The van der Waals surface area contributed by atoms with Crippen LogP contribution in [0, 0.1) is 0 Å². The molecule has 0 unspecified atom stereocenters. The second kappa shape index (κ2) is 5.82. The molecule has 0 aliphatic carbocycles. The molecule has 1 aromatic rings. The van der Waals surface area contributed by atoms with E-state index in [1.165, 1.54) is 5.56 Å². The number of anilines is 1. The highest BCUT2D eigenvalue weighted by Gasteiger charge is 2.10. The normalized spacial score (nSPS) is 17.3. The number of nitrogens with zero attached hydrogens (tertiary/aromatic N) is 2. The van der Waals surface area contributed by atoms with Crippen molar-refractivity contribution in [3.05, 3.63) is 23.9 Å². The number of hydrogen-bond donors (Lipinski definition) is 1. The lowest BCUT2D eigenvalue weighted by molar-refractivity contribution is 0.0342. The van der Waals surface area contributed by atoms with Crippen LogP contribution >= 0.6 is 0 Å². The molecule has 16 heavy (non-hydrogen) atoms. The highest BCUT2D eigenvalue weighted by Crippen LogP contribution is 2.10. The topological polar surface area (TPSA) is 37.4 Å². The van der Waals surface area contributed by atoms with E-state index in [-0.39, 0.29) is 0 Å². The third-order valence-electron chi connectivity index (χ3n) is 2.69. The molecule has 1 saturated heterocycles. The molecule has 0 saturated carbocycles. The zero-order chi connectivity index (χ0) is 11.2. The molecule has 0 bridgehead atoms. The highest BCUT2D eigenvalue weighted by molar-refractivity contribution is 5.37. The molecule has 2 rings (SSSR count). The predicted octanol–water partition coefficient (Wildman–Crippen LogP) is 1.35. The summed E-state index contributed by atoms with van der Waals surface area (Å²) in [5, 5.41) is 3.23. The number of pyridine rings is 1. The fourth-order valence-electron chi connectivity index (χ4n) is 1.87. The Morgan fingerprint density at radius 3 is 3.00 bits per heavy atom. The van der Waals surface area contributed by atoms with E-state index in [9.17, 15) is 0 Å². The van der Waals surface area contributed by atoms with E-state index in [2.05, 4.69) is 34.3 Å². The van der Waals surface area contributed by atoms with Gasteiger partial charge in [0.15, 0.2) is 0 Å². The lowest BCUT2D eigenvalue weighted by atomic mass is 10.2. The molecular weight excluding hydrogens is 202 g/mol. The average molecular weight is 221 g/mol. The van der Waals surface area contributed by atoms with Gasteiger partial charge in [0.25, 0.3) is 0 Å². The zero-order valence-corrected chi connectivity index (χ0v) is 9.78. The van der Waals surface area contributed by atoms with Crippen molar-refractivity contribution < 1.29 is 4.74 Å². The average Bonchev–Trinajstić information content (AvgIpc) is 2.31. The van der Waals surface area contributed by atoms with Crippen LogP contribution < -0.4 is 5.32 Å². The highest BCUT2D eigenvalue weighted by atomic mass is 16.5. The molecule has 4 heteroatoms. The summed E-state index contributed by atoms with van der Waals surface area (Å²) in [5.41, 5.74) is 1.31. The molecule has 1 N–H and O–H groups in total. The van der Waals surface area contributed by atoms with Gasteiger partial charge < -0.3 is 10.1 Å². The van der Waals surface area contributed by atoms with E-state index in [1.54, 1.807) is 0 Å². The van der Waals surface area contributed by atoms with Crippen LogP contribution in [0.15, 0.2) is 18.3 Å². The van der Waals surface area contributed by atoms with Crippen molar-refractivity contribution in [1.29, 1.82) is 0 Å². The fourth-order valence-corrected chi connectivity index (χ4v) is 1.87. The van der Waals surface area contributed by atoms with E-state index in [0.29, 0.717) is 0 Å². The van der Waals surface area contributed by atoms with Crippen LogP contribution in [0.1, 0.15) is 12.5 Å². The van der Waals surface area contributed by atoms with Gasteiger partial charge in [-0.05, 0) is 24.6 Å². The molecule has 1 aromatic heterocycles. The smallest absolute Gasteiger partial charge is 0.126 e. The van der Waals surface area contributed by atoms with Gasteiger partial charge in [0.05, 0.1) is 13.2 Å². The molecule has 0 spiro atoms. The number of nitrogens with one attached hydrogen (secondary N) is 1. The van der Waals surface area contributed by atoms with Crippen molar-refractivity contribution in [3.8, 4) is 0 Å². The molecule has 0 amide bonds. The van der Waals surface area contributed by atoms with Crippen molar-refractivity contribution in [2.24, 2.45) is 0 Å². The van der Waals surface area contributed by atoms with Crippen molar-refractivity contribution in [3.63, 3.8) is 0 Å².